The molecule has 1 saturated heterocycles. The van der Waals surface area contributed by atoms with E-state index in [1.54, 1.807) is 17.8 Å². The summed E-state index contributed by atoms with van der Waals surface area (Å²) in [5, 5.41) is 17.8. The Morgan fingerprint density at radius 3 is 3.05 bits per heavy atom. The van der Waals surface area contributed by atoms with Gasteiger partial charge in [0.25, 0.3) is 0 Å². The van der Waals surface area contributed by atoms with E-state index in [0.717, 1.165) is 18.1 Å². The fourth-order valence-corrected chi connectivity index (χ4v) is 3.46. The molecule has 0 saturated carbocycles. The summed E-state index contributed by atoms with van der Waals surface area (Å²) in [5.41, 5.74) is 1.00. The average Bonchev–Trinajstić information content (AvgIpc) is 2.39. The molecule has 0 bridgehead atoms. The molecule has 1 aliphatic heterocycles. The maximum absolute atomic E-state index is 13.4. The number of nitriles is 1. The average molecular weight is 294 g/mol. The molecule has 20 heavy (non-hydrogen) atoms. The van der Waals surface area contributed by atoms with Crippen LogP contribution in [-0.4, -0.2) is 40.1 Å². The van der Waals surface area contributed by atoms with Gasteiger partial charge in [-0.05, 0) is 23.8 Å². The van der Waals surface area contributed by atoms with E-state index in [1.807, 2.05) is 6.07 Å². The summed E-state index contributed by atoms with van der Waals surface area (Å²) in [6.07, 6.45) is 0.0907. The number of carboxylic acid groups (broad SMARTS) is 1. The van der Waals surface area contributed by atoms with Crippen molar-refractivity contribution < 1.29 is 14.3 Å². The van der Waals surface area contributed by atoms with Crippen LogP contribution in [0.2, 0.25) is 0 Å². The van der Waals surface area contributed by atoms with Gasteiger partial charge in [0, 0.05) is 30.6 Å². The Kier molecular flexibility index (Phi) is 4.99. The maximum atomic E-state index is 13.4. The van der Waals surface area contributed by atoms with Crippen LogP contribution in [0.15, 0.2) is 18.2 Å². The second kappa shape index (κ2) is 6.73. The van der Waals surface area contributed by atoms with Crippen molar-refractivity contribution in [3.63, 3.8) is 0 Å². The van der Waals surface area contributed by atoms with E-state index in [4.69, 9.17) is 10.4 Å². The van der Waals surface area contributed by atoms with Crippen LogP contribution in [0.3, 0.4) is 0 Å². The van der Waals surface area contributed by atoms with Crippen molar-refractivity contribution >= 4 is 17.7 Å². The lowest BCUT2D eigenvalue weighted by atomic mass is 10.1. The molecule has 6 heteroatoms. The molecule has 1 unspecified atom stereocenters. The Morgan fingerprint density at radius 1 is 1.55 bits per heavy atom. The fourth-order valence-electron chi connectivity index (χ4n) is 2.33. The van der Waals surface area contributed by atoms with Gasteiger partial charge in [-0.1, -0.05) is 0 Å². The first kappa shape index (κ1) is 14.8. The number of carboxylic acids is 1. The van der Waals surface area contributed by atoms with Crippen molar-refractivity contribution in [2.75, 3.05) is 18.1 Å². The van der Waals surface area contributed by atoms with Crippen LogP contribution in [0.25, 0.3) is 0 Å². The van der Waals surface area contributed by atoms with E-state index < -0.39 is 11.8 Å². The number of benzene rings is 1. The number of halogens is 1. The van der Waals surface area contributed by atoms with E-state index >= 15 is 0 Å². The zero-order chi connectivity index (χ0) is 14.5. The van der Waals surface area contributed by atoms with Crippen molar-refractivity contribution in [2.24, 2.45) is 0 Å². The van der Waals surface area contributed by atoms with Gasteiger partial charge in [0.15, 0.2) is 0 Å². The summed E-state index contributed by atoms with van der Waals surface area (Å²) in [5.74, 6) is 0.461. The van der Waals surface area contributed by atoms with Crippen LogP contribution >= 0.6 is 11.8 Å². The summed E-state index contributed by atoms with van der Waals surface area (Å²) in [7, 11) is 0. The third-order valence-corrected chi connectivity index (χ3v) is 4.32. The molecule has 1 aliphatic rings. The Balaban J connectivity index is 2.12. The monoisotopic (exact) mass is 294 g/mol. The molecule has 106 valence electrons. The molecular weight excluding hydrogens is 279 g/mol. The van der Waals surface area contributed by atoms with Crippen LogP contribution in [0.1, 0.15) is 17.5 Å². The number of carbonyl (C=O) groups is 1. The number of rotatable bonds is 4. The first-order chi connectivity index (χ1) is 9.58. The van der Waals surface area contributed by atoms with Crippen LogP contribution in [0.5, 0.6) is 0 Å². The molecule has 0 spiro atoms. The van der Waals surface area contributed by atoms with E-state index in [2.05, 4.69) is 4.90 Å². The first-order valence-electron chi connectivity index (χ1n) is 6.31. The van der Waals surface area contributed by atoms with Crippen LogP contribution in [-0.2, 0) is 11.3 Å². The molecule has 0 amide bonds. The quantitative estimate of drug-likeness (QED) is 0.921. The minimum Gasteiger partial charge on any atom is -0.481 e. The molecule has 1 heterocycles. The zero-order valence-corrected chi connectivity index (χ0v) is 11.7. The lowest BCUT2D eigenvalue weighted by molar-refractivity contribution is -0.138. The van der Waals surface area contributed by atoms with Gasteiger partial charge in [0.1, 0.15) is 5.82 Å². The number of hydrogen-bond donors (Lipinski definition) is 1. The Bertz CT molecular complexity index is 544. The highest BCUT2D eigenvalue weighted by molar-refractivity contribution is 7.99. The maximum Gasteiger partial charge on any atom is 0.304 e. The minimum atomic E-state index is -0.820. The first-order valence-corrected chi connectivity index (χ1v) is 7.47. The van der Waals surface area contributed by atoms with Crippen LogP contribution in [0.4, 0.5) is 4.39 Å². The second-order valence-corrected chi connectivity index (χ2v) is 5.91. The zero-order valence-electron chi connectivity index (χ0n) is 10.9. The number of aliphatic carboxylic acids is 1. The molecule has 1 fully saturated rings. The van der Waals surface area contributed by atoms with Crippen LogP contribution < -0.4 is 0 Å². The number of hydrogen-bond acceptors (Lipinski definition) is 4. The van der Waals surface area contributed by atoms with Crippen LogP contribution in [0, 0.1) is 17.1 Å². The van der Waals surface area contributed by atoms with Crippen molar-refractivity contribution in [1.29, 1.82) is 5.26 Å². The molecule has 1 N–H and O–H groups in total. The second-order valence-electron chi connectivity index (χ2n) is 4.76. The summed E-state index contributed by atoms with van der Waals surface area (Å²) >= 11 is 1.74. The summed E-state index contributed by atoms with van der Waals surface area (Å²) in [6.45, 7) is 1.26. The molecule has 1 atom stereocenters. The van der Waals surface area contributed by atoms with Gasteiger partial charge in [-0.15, -0.1) is 0 Å². The molecule has 2 rings (SSSR count). The van der Waals surface area contributed by atoms with E-state index in [0.29, 0.717) is 17.7 Å². The van der Waals surface area contributed by atoms with Gasteiger partial charge >= 0.3 is 5.97 Å². The third-order valence-electron chi connectivity index (χ3n) is 3.23. The lowest BCUT2D eigenvalue weighted by Crippen LogP contribution is -2.42. The molecule has 0 aromatic heterocycles. The van der Waals surface area contributed by atoms with E-state index in [9.17, 15) is 9.18 Å². The molecule has 4 nitrogen and oxygen atoms in total. The molecule has 0 radical (unpaired) electrons. The van der Waals surface area contributed by atoms with E-state index in [-0.39, 0.29) is 12.5 Å². The molecular formula is C14H15FN2O2S. The van der Waals surface area contributed by atoms with Gasteiger partial charge in [-0.3, -0.25) is 9.69 Å². The van der Waals surface area contributed by atoms with Gasteiger partial charge in [0.05, 0.1) is 18.1 Å². The Hall–Kier alpha value is -1.58. The molecule has 0 aliphatic carbocycles. The fraction of sp³-hybridized carbons (Fsp3) is 0.429. The summed E-state index contributed by atoms with van der Waals surface area (Å²) in [6, 6.07) is 6.15. The number of thioether (sulfide) groups is 1. The van der Waals surface area contributed by atoms with Gasteiger partial charge in [-0.25, -0.2) is 4.39 Å². The van der Waals surface area contributed by atoms with Gasteiger partial charge < -0.3 is 5.11 Å². The molecule has 1 aromatic carbocycles. The van der Waals surface area contributed by atoms with Gasteiger partial charge in [0.2, 0.25) is 0 Å². The van der Waals surface area contributed by atoms with Crippen molar-refractivity contribution in [3.8, 4) is 6.07 Å². The highest BCUT2D eigenvalue weighted by Gasteiger charge is 2.25. The van der Waals surface area contributed by atoms with Crippen molar-refractivity contribution in [2.45, 2.75) is 19.0 Å². The summed E-state index contributed by atoms with van der Waals surface area (Å²) < 4.78 is 13.4. The lowest BCUT2D eigenvalue weighted by Gasteiger charge is -2.34. The normalized spacial score (nSPS) is 19.5. The third kappa shape index (κ3) is 3.95. The SMILES string of the molecule is N#Cc1cc(F)cc(CN2CCSCC2CC(=O)O)c1. The Labute approximate surface area is 121 Å². The predicted octanol–water partition coefficient (Wildman–Crippen LogP) is 2.09. The standard InChI is InChI=1S/C14H15FN2O2S/c15-12-4-10(7-16)3-11(5-12)8-17-1-2-20-9-13(17)6-14(18)19/h3-5,13H,1-2,6,8-9H2,(H,18,19). The minimum absolute atomic E-state index is 0.0416. The smallest absolute Gasteiger partial charge is 0.304 e. The van der Waals surface area contributed by atoms with Gasteiger partial charge in [-0.2, -0.15) is 17.0 Å². The topological polar surface area (TPSA) is 64.3 Å². The highest BCUT2D eigenvalue weighted by Crippen LogP contribution is 2.22. The van der Waals surface area contributed by atoms with Crippen molar-refractivity contribution in [1.82, 2.24) is 4.90 Å². The Morgan fingerprint density at radius 2 is 2.35 bits per heavy atom. The largest absolute Gasteiger partial charge is 0.481 e. The number of nitrogens with zero attached hydrogens (tertiary/aromatic N) is 2. The predicted molar refractivity (Wildman–Crippen MR) is 74.9 cm³/mol. The highest BCUT2D eigenvalue weighted by atomic mass is 32.2. The molecule has 1 aromatic rings. The summed E-state index contributed by atoms with van der Waals surface area (Å²) in [4.78, 5) is 12.9. The van der Waals surface area contributed by atoms with E-state index in [1.165, 1.54) is 12.1 Å². The van der Waals surface area contributed by atoms with Crippen molar-refractivity contribution in [3.05, 3.63) is 35.1 Å².